The summed E-state index contributed by atoms with van der Waals surface area (Å²) in [6.45, 7) is 6.03. The van der Waals surface area contributed by atoms with Crippen molar-refractivity contribution in [3.8, 4) is 5.75 Å². The number of hydrogen-bond acceptors (Lipinski definition) is 2. The van der Waals surface area contributed by atoms with Gasteiger partial charge in [-0.25, -0.2) is 0 Å². The largest absolute Gasteiger partial charge is 0.491 e. The fourth-order valence-corrected chi connectivity index (χ4v) is 1.46. The van der Waals surface area contributed by atoms with Gasteiger partial charge in [0.2, 0.25) is 0 Å². The van der Waals surface area contributed by atoms with Crippen LogP contribution in [-0.4, -0.2) is 13.2 Å². The SMILES string of the molecule is CCCCCOc1ccccc1NCC. The van der Waals surface area contributed by atoms with Gasteiger partial charge in [-0.15, -0.1) is 0 Å². The molecule has 1 aromatic carbocycles. The Balaban J connectivity index is 2.44. The Kier molecular flexibility index (Phi) is 5.67. The van der Waals surface area contributed by atoms with Crippen molar-refractivity contribution in [1.29, 1.82) is 0 Å². The van der Waals surface area contributed by atoms with Crippen LogP contribution >= 0.6 is 0 Å². The highest BCUT2D eigenvalue weighted by Crippen LogP contribution is 2.23. The van der Waals surface area contributed by atoms with E-state index in [4.69, 9.17) is 4.74 Å². The second kappa shape index (κ2) is 7.16. The van der Waals surface area contributed by atoms with Gasteiger partial charge in [-0.05, 0) is 25.5 Å². The highest BCUT2D eigenvalue weighted by Gasteiger charge is 2.00. The van der Waals surface area contributed by atoms with Crippen LogP contribution in [0.2, 0.25) is 0 Å². The molecule has 0 heterocycles. The summed E-state index contributed by atoms with van der Waals surface area (Å²) in [6, 6.07) is 8.11. The fourth-order valence-electron chi connectivity index (χ4n) is 1.46. The number of benzene rings is 1. The molecule has 0 fully saturated rings. The molecule has 0 saturated carbocycles. The van der Waals surface area contributed by atoms with Crippen molar-refractivity contribution in [2.45, 2.75) is 33.1 Å². The summed E-state index contributed by atoms with van der Waals surface area (Å²) in [5.74, 6) is 0.968. The molecule has 0 atom stereocenters. The Labute approximate surface area is 92.6 Å². The van der Waals surface area contributed by atoms with Crippen LogP contribution in [0.3, 0.4) is 0 Å². The van der Waals surface area contributed by atoms with Crippen molar-refractivity contribution in [2.75, 3.05) is 18.5 Å². The van der Waals surface area contributed by atoms with Gasteiger partial charge < -0.3 is 10.1 Å². The second-order valence-corrected chi connectivity index (χ2v) is 3.58. The minimum absolute atomic E-state index is 0.816. The first-order valence-electron chi connectivity index (χ1n) is 5.84. The van der Waals surface area contributed by atoms with Crippen LogP contribution in [0.25, 0.3) is 0 Å². The predicted octanol–water partition coefficient (Wildman–Crippen LogP) is 3.69. The molecule has 2 heteroatoms. The van der Waals surface area contributed by atoms with Gasteiger partial charge in [0.05, 0.1) is 12.3 Å². The maximum atomic E-state index is 5.73. The third-order valence-electron chi connectivity index (χ3n) is 2.26. The van der Waals surface area contributed by atoms with Gasteiger partial charge in [0.15, 0.2) is 0 Å². The molecule has 0 saturated heterocycles. The summed E-state index contributed by atoms with van der Waals surface area (Å²) in [7, 11) is 0. The van der Waals surface area contributed by atoms with Crippen LogP contribution < -0.4 is 10.1 Å². The molecule has 1 rings (SSSR count). The van der Waals surface area contributed by atoms with E-state index in [1.807, 2.05) is 18.2 Å². The maximum Gasteiger partial charge on any atom is 0.142 e. The molecular weight excluding hydrogens is 186 g/mol. The zero-order valence-corrected chi connectivity index (χ0v) is 9.75. The number of unbranched alkanes of at least 4 members (excludes halogenated alkanes) is 2. The molecule has 1 aromatic rings. The van der Waals surface area contributed by atoms with Crippen LogP contribution in [0.1, 0.15) is 33.1 Å². The van der Waals surface area contributed by atoms with Crippen LogP contribution in [0.4, 0.5) is 5.69 Å². The smallest absolute Gasteiger partial charge is 0.142 e. The van der Waals surface area contributed by atoms with Gasteiger partial charge in [0, 0.05) is 6.54 Å². The molecular formula is C13H21NO. The van der Waals surface area contributed by atoms with E-state index < -0.39 is 0 Å². The number of anilines is 1. The van der Waals surface area contributed by atoms with Gasteiger partial charge in [-0.2, -0.15) is 0 Å². The summed E-state index contributed by atoms with van der Waals surface area (Å²) in [6.07, 6.45) is 3.61. The number of hydrogen-bond donors (Lipinski definition) is 1. The lowest BCUT2D eigenvalue weighted by Crippen LogP contribution is -2.02. The molecule has 0 aromatic heterocycles. The lowest BCUT2D eigenvalue weighted by molar-refractivity contribution is 0.307. The highest BCUT2D eigenvalue weighted by atomic mass is 16.5. The minimum atomic E-state index is 0.816. The Morgan fingerprint density at radius 2 is 1.93 bits per heavy atom. The van der Waals surface area contributed by atoms with E-state index in [0.717, 1.165) is 31.0 Å². The van der Waals surface area contributed by atoms with E-state index >= 15 is 0 Å². The van der Waals surface area contributed by atoms with E-state index in [1.165, 1.54) is 12.8 Å². The number of rotatable bonds is 7. The summed E-state index contributed by atoms with van der Waals surface area (Å²) in [5.41, 5.74) is 1.09. The fraction of sp³-hybridized carbons (Fsp3) is 0.538. The third kappa shape index (κ3) is 4.24. The normalized spacial score (nSPS) is 10.0. The maximum absolute atomic E-state index is 5.73. The Morgan fingerprint density at radius 3 is 2.67 bits per heavy atom. The molecule has 84 valence electrons. The summed E-state index contributed by atoms with van der Waals surface area (Å²) in [4.78, 5) is 0. The predicted molar refractivity (Wildman–Crippen MR) is 65.6 cm³/mol. The second-order valence-electron chi connectivity index (χ2n) is 3.58. The van der Waals surface area contributed by atoms with Crippen molar-refractivity contribution in [1.82, 2.24) is 0 Å². The van der Waals surface area contributed by atoms with Gasteiger partial charge in [-0.1, -0.05) is 31.9 Å². The molecule has 0 bridgehead atoms. The van der Waals surface area contributed by atoms with Crippen molar-refractivity contribution >= 4 is 5.69 Å². The zero-order chi connectivity index (χ0) is 10.9. The molecule has 1 N–H and O–H groups in total. The molecule has 0 aliphatic heterocycles. The Bertz CT molecular complexity index is 273. The topological polar surface area (TPSA) is 21.3 Å². The lowest BCUT2D eigenvalue weighted by Gasteiger charge is -2.11. The molecule has 0 unspecified atom stereocenters. The average Bonchev–Trinajstić information content (AvgIpc) is 2.27. The summed E-state index contributed by atoms with van der Waals surface area (Å²) < 4.78 is 5.73. The molecule has 15 heavy (non-hydrogen) atoms. The first-order chi connectivity index (χ1) is 7.38. The average molecular weight is 207 g/mol. The number of para-hydroxylation sites is 2. The van der Waals surface area contributed by atoms with Crippen molar-refractivity contribution in [3.05, 3.63) is 24.3 Å². The van der Waals surface area contributed by atoms with E-state index in [0.29, 0.717) is 0 Å². The molecule has 0 aliphatic carbocycles. The quantitative estimate of drug-likeness (QED) is 0.688. The number of ether oxygens (including phenoxy) is 1. The third-order valence-corrected chi connectivity index (χ3v) is 2.26. The Morgan fingerprint density at radius 1 is 1.13 bits per heavy atom. The molecule has 0 aliphatic rings. The van der Waals surface area contributed by atoms with E-state index in [9.17, 15) is 0 Å². The summed E-state index contributed by atoms with van der Waals surface area (Å²) in [5, 5.41) is 3.29. The molecule has 2 nitrogen and oxygen atoms in total. The van der Waals surface area contributed by atoms with Crippen molar-refractivity contribution in [3.63, 3.8) is 0 Å². The summed E-state index contributed by atoms with van der Waals surface area (Å²) >= 11 is 0. The van der Waals surface area contributed by atoms with Crippen LogP contribution in [0.5, 0.6) is 5.75 Å². The lowest BCUT2D eigenvalue weighted by atomic mass is 10.2. The molecule has 0 spiro atoms. The van der Waals surface area contributed by atoms with Gasteiger partial charge >= 0.3 is 0 Å². The standard InChI is InChI=1S/C13H21NO/c1-3-5-8-11-15-13-10-7-6-9-12(13)14-4-2/h6-7,9-10,14H,3-5,8,11H2,1-2H3. The molecule has 0 radical (unpaired) electrons. The first kappa shape index (κ1) is 11.9. The first-order valence-corrected chi connectivity index (χ1v) is 5.84. The van der Waals surface area contributed by atoms with Crippen LogP contribution in [0, 0.1) is 0 Å². The molecule has 0 amide bonds. The van der Waals surface area contributed by atoms with Crippen molar-refractivity contribution in [2.24, 2.45) is 0 Å². The minimum Gasteiger partial charge on any atom is -0.491 e. The van der Waals surface area contributed by atoms with Gasteiger partial charge in [0.25, 0.3) is 0 Å². The monoisotopic (exact) mass is 207 g/mol. The highest BCUT2D eigenvalue weighted by molar-refractivity contribution is 5.55. The van der Waals surface area contributed by atoms with Gasteiger partial charge in [-0.3, -0.25) is 0 Å². The van der Waals surface area contributed by atoms with Crippen LogP contribution in [-0.2, 0) is 0 Å². The van der Waals surface area contributed by atoms with Crippen LogP contribution in [0.15, 0.2) is 24.3 Å². The van der Waals surface area contributed by atoms with E-state index in [2.05, 4.69) is 25.2 Å². The van der Waals surface area contributed by atoms with Gasteiger partial charge in [0.1, 0.15) is 5.75 Å². The van der Waals surface area contributed by atoms with E-state index in [1.54, 1.807) is 0 Å². The number of nitrogens with one attached hydrogen (secondary N) is 1. The van der Waals surface area contributed by atoms with E-state index in [-0.39, 0.29) is 0 Å². The Hall–Kier alpha value is -1.18. The zero-order valence-electron chi connectivity index (χ0n) is 9.75. The van der Waals surface area contributed by atoms with Crippen molar-refractivity contribution < 1.29 is 4.74 Å².